The lowest BCUT2D eigenvalue weighted by molar-refractivity contribution is -0.385. The van der Waals surface area contributed by atoms with Crippen LogP contribution < -0.4 is 4.74 Å². The van der Waals surface area contributed by atoms with Gasteiger partial charge in [0, 0.05) is 42.4 Å². The first-order chi connectivity index (χ1) is 12.8. The minimum absolute atomic E-state index is 0.00320. The van der Waals surface area contributed by atoms with Crippen LogP contribution >= 0.6 is 0 Å². The Morgan fingerprint density at radius 3 is 2.85 bits per heavy atom. The largest absolute Gasteiger partial charge is 0.467 e. The maximum absolute atomic E-state index is 12.9. The lowest BCUT2D eigenvalue weighted by Gasteiger charge is -2.33. The Kier molecular flexibility index (Phi) is 5.36. The van der Waals surface area contributed by atoms with Crippen molar-refractivity contribution in [1.82, 2.24) is 4.90 Å². The second kappa shape index (κ2) is 7.55. The summed E-state index contributed by atoms with van der Waals surface area (Å²) in [6.45, 7) is -0.0403. The summed E-state index contributed by atoms with van der Waals surface area (Å²) in [5.41, 5.74) is 0.586. The summed E-state index contributed by atoms with van der Waals surface area (Å²) in [5.74, 6) is -1.74. The van der Waals surface area contributed by atoms with E-state index in [0.717, 1.165) is 11.0 Å². The van der Waals surface area contributed by atoms with E-state index >= 15 is 0 Å². The Morgan fingerprint density at radius 2 is 2.15 bits per heavy atom. The number of non-ortho nitro benzene ring substituents is 1. The molecule has 3 rings (SSSR count). The highest BCUT2D eigenvalue weighted by Crippen LogP contribution is 2.35. The summed E-state index contributed by atoms with van der Waals surface area (Å²) in [6.07, 6.45) is -1.61. The number of rotatable bonds is 3. The molecule has 1 atom stereocenters. The van der Waals surface area contributed by atoms with Crippen LogP contribution in [0.5, 0.6) is 5.75 Å². The van der Waals surface area contributed by atoms with Crippen LogP contribution in [-0.2, 0) is 16.1 Å². The molecule has 1 aromatic carbocycles. The number of ether oxygens (including phenoxy) is 2. The minimum atomic E-state index is -4.34. The minimum Gasteiger partial charge on any atom is -0.467 e. The lowest BCUT2D eigenvalue weighted by atomic mass is 9.97. The Bertz CT molecular complexity index is 779. The molecule has 0 spiro atoms. The number of hydrogen-bond donors (Lipinski definition) is 0. The third-order valence-corrected chi connectivity index (χ3v) is 4.54. The van der Waals surface area contributed by atoms with Gasteiger partial charge in [-0.1, -0.05) is 0 Å². The van der Waals surface area contributed by atoms with Gasteiger partial charge in [-0.3, -0.25) is 14.9 Å². The molecule has 0 N–H and O–H groups in total. The summed E-state index contributed by atoms with van der Waals surface area (Å²) in [6, 6.07) is 2.58. The number of carbonyl (C=O) groups excluding carboxylic acids is 1. The Balaban J connectivity index is 1.80. The van der Waals surface area contributed by atoms with E-state index in [4.69, 9.17) is 9.47 Å². The maximum Gasteiger partial charge on any atom is 0.393 e. The normalized spacial score (nSPS) is 20.3. The highest BCUT2D eigenvalue weighted by molar-refractivity contribution is 5.92. The number of benzene rings is 1. The van der Waals surface area contributed by atoms with Gasteiger partial charge in [0.25, 0.3) is 5.69 Å². The second-order valence-corrected chi connectivity index (χ2v) is 6.39. The standard InChI is InChI=1S/C17H17F3N2O5/c18-17(19,20)13-2-1-5-21(8-13)15(23)4-3-11-6-14(22(24)25)7-12-9-26-10-27-16(11)12/h3-4,6-7,13H,1-2,5,8-10H2/b4-3+. The molecule has 1 saturated heterocycles. The van der Waals surface area contributed by atoms with Crippen LogP contribution in [0.4, 0.5) is 18.9 Å². The number of halogens is 3. The van der Waals surface area contributed by atoms with Gasteiger partial charge in [0.1, 0.15) is 5.75 Å². The molecule has 27 heavy (non-hydrogen) atoms. The SMILES string of the molecule is O=C(/C=C/c1cc([N+](=O)[O-])cc2c1OCOC2)N1CCCC(C(F)(F)F)C1. The van der Waals surface area contributed by atoms with Gasteiger partial charge in [-0.15, -0.1) is 0 Å². The number of carbonyl (C=O) groups is 1. The van der Waals surface area contributed by atoms with E-state index in [-0.39, 0.29) is 45.0 Å². The maximum atomic E-state index is 12.9. The van der Waals surface area contributed by atoms with Crippen LogP contribution in [0.25, 0.3) is 6.08 Å². The van der Waals surface area contributed by atoms with E-state index in [1.54, 1.807) is 0 Å². The van der Waals surface area contributed by atoms with Gasteiger partial charge in [-0.25, -0.2) is 0 Å². The molecule has 0 saturated carbocycles. The fourth-order valence-corrected chi connectivity index (χ4v) is 3.17. The monoisotopic (exact) mass is 386 g/mol. The van der Waals surface area contributed by atoms with Crippen molar-refractivity contribution in [2.75, 3.05) is 19.9 Å². The zero-order valence-electron chi connectivity index (χ0n) is 14.2. The van der Waals surface area contributed by atoms with Crippen LogP contribution in [-0.4, -0.2) is 41.8 Å². The lowest BCUT2D eigenvalue weighted by Crippen LogP contribution is -2.44. The number of fused-ring (bicyclic) bond motifs is 1. The van der Waals surface area contributed by atoms with Crippen LogP contribution in [0, 0.1) is 16.0 Å². The number of alkyl halides is 3. The van der Waals surface area contributed by atoms with Crippen molar-refractivity contribution in [2.45, 2.75) is 25.6 Å². The van der Waals surface area contributed by atoms with E-state index in [9.17, 15) is 28.1 Å². The molecule has 2 aliphatic heterocycles. The average Bonchev–Trinajstić information content (AvgIpc) is 2.65. The van der Waals surface area contributed by atoms with Crippen LogP contribution in [0.1, 0.15) is 24.0 Å². The summed E-state index contributed by atoms with van der Waals surface area (Å²) >= 11 is 0. The summed E-state index contributed by atoms with van der Waals surface area (Å²) in [5, 5.41) is 11.1. The molecule has 1 unspecified atom stereocenters. The van der Waals surface area contributed by atoms with Crippen LogP contribution in [0.3, 0.4) is 0 Å². The number of likely N-dealkylation sites (tertiary alicyclic amines) is 1. The van der Waals surface area contributed by atoms with Crippen molar-refractivity contribution in [2.24, 2.45) is 5.92 Å². The van der Waals surface area contributed by atoms with E-state index in [0.29, 0.717) is 16.9 Å². The molecule has 7 nitrogen and oxygen atoms in total. The molecule has 0 bridgehead atoms. The van der Waals surface area contributed by atoms with E-state index in [1.807, 2.05) is 0 Å². The van der Waals surface area contributed by atoms with E-state index in [1.165, 1.54) is 18.2 Å². The Hall–Kier alpha value is -2.62. The molecule has 0 aromatic heterocycles. The molecular weight excluding hydrogens is 369 g/mol. The van der Waals surface area contributed by atoms with E-state index < -0.39 is 22.9 Å². The van der Waals surface area contributed by atoms with Crippen molar-refractivity contribution in [3.63, 3.8) is 0 Å². The topological polar surface area (TPSA) is 81.9 Å². The van der Waals surface area contributed by atoms with Gasteiger partial charge >= 0.3 is 6.18 Å². The Labute approximate surface area is 152 Å². The van der Waals surface area contributed by atoms with E-state index in [2.05, 4.69) is 0 Å². The number of nitrogens with zero attached hydrogens (tertiary/aromatic N) is 2. The molecule has 1 aromatic rings. The molecule has 0 radical (unpaired) electrons. The smallest absolute Gasteiger partial charge is 0.393 e. The van der Waals surface area contributed by atoms with Gasteiger partial charge < -0.3 is 14.4 Å². The highest BCUT2D eigenvalue weighted by Gasteiger charge is 2.42. The molecule has 2 aliphatic rings. The van der Waals surface area contributed by atoms with Gasteiger partial charge in [-0.05, 0) is 18.9 Å². The second-order valence-electron chi connectivity index (χ2n) is 6.39. The molecule has 1 fully saturated rings. The fraction of sp³-hybridized carbons (Fsp3) is 0.471. The molecular formula is C17H17F3N2O5. The third kappa shape index (κ3) is 4.38. The molecule has 10 heteroatoms. The zero-order chi connectivity index (χ0) is 19.6. The number of piperidine rings is 1. The molecule has 2 heterocycles. The zero-order valence-corrected chi connectivity index (χ0v) is 14.2. The predicted molar refractivity (Wildman–Crippen MR) is 87.8 cm³/mol. The molecule has 146 valence electrons. The number of nitro benzene ring substituents is 1. The van der Waals surface area contributed by atoms with Gasteiger partial charge in [0.05, 0.1) is 17.4 Å². The van der Waals surface area contributed by atoms with Gasteiger partial charge in [-0.2, -0.15) is 13.2 Å². The third-order valence-electron chi connectivity index (χ3n) is 4.54. The average molecular weight is 386 g/mol. The Morgan fingerprint density at radius 1 is 1.37 bits per heavy atom. The highest BCUT2D eigenvalue weighted by atomic mass is 19.4. The van der Waals surface area contributed by atoms with Crippen LogP contribution in [0.15, 0.2) is 18.2 Å². The first-order valence-electron chi connectivity index (χ1n) is 8.31. The summed E-state index contributed by atoms with van der Waals surface area (Å²) in [4.78, 5) is 23.9. The predicted octanol–water partition coefficient (Wildman–Crippen LogP) is 3.28. The molecule has 0 aliphatic carbocycles. The number of amides is 1. The van der Waals surface area contributed by atoms with Crippen molar-refractivity contribution in [1.29, 1.82) is 0 Å². The van der Waals surface area contributed by atoms with Crippen molar-refractivity contribution >= 4 is 17.7 Å². The van der Waals surface area contributed by atoms with Crippen molar-refractivity contribution < 1.29 is 32.4 Å². The van der Waals surface area contributed by atoms with Crippen molar-refractivity contribution in [3.8, 4) is 5.75 Å². The fourth-order valence-electron chi connectivity index (χ4n) is 3.17. The van der Waals surface area contributed by atoms with Crippen molar-refractivity contribution in [3.05, 3.63) is 39.4 Å². The first kappa shape index (κ1) is 19.2. The molecule has 1 amide bonds. The number of nitro groups is 1. The number of hydrogen-bond acceptors (Lipinski definition) is 5. The van der Waals surface area contributed by atoms with Gasteiger partial charge in [0.15, 0.2) is 6.79 Å². The van der Waals surface area contributed by atoms with Gasteiger partial charge in [0.2, 0.25) is 5.91 Å². The summed E-state index contributed by atoms with van der Waals surface area (Å²) in [7, 11) is 0. The summed E-state index contributed by atoms with van der Waals surface area (Å²) < 4.78 is 49.1. The van der Waals surface area contributed by atoms with Crippen LogP contribution in [0.2, 0.25) is 0 Å². The quantitative estimate of drug-likeness (QED) is 0.452. The first-order valence-corrected chi connectivity index (χ1v) is 8.31.